The molecule has 0 spiro atoms. The van der Waals surface area contributed by atoms with Crippen molar-refractivity contribution in [3.8, 4) is 0 Å². The highest BCUT2D eigenvalue weighted by molar-refractivity contribution is 6.76. The SMILES string of the molecule is C=C[C@@H](CCC=CCC(=O)Cl)OCOCC[Si](C)(C)C. The van der Waals surface area contributed by atoms with Gasteiger partial charge in [0.05, 0.1) is 6.10 Å². The van der Waals surface area contributed by atoms with Crippen LogP contribution in [0.3, 0.4) is 0 Å². The zero-order valence-electron chi connectivity index (χ0n) is 12.9. The molecule has 0 aromatic carbocycles. The highest BCUT2D eigenvalue weighted by Crippen LogP contribution is 2.09. The highest BCUT2D eigenvalue weighted by atomic mass is 35.5. The van der Waals surface area contributed by atoms with Crippen molar-refractivity contribution in [1.82, 2.24) is 0 Å². The number of allylic oxidation sites excluding steroid dienone is 2. The molecule has 0 heterocycles. The Morgan fingerprint density at radius 2 is 2.05 bits per heavy atom. The minimum atomic E-state index is -1.03. The molecule has 0 aliphatic heterocycles. The molecule has 116 valence electrons. The van der Waals surface area contributed by atoms with Gasteiger partial charge in [0.25, 0.3) is 0 Å². The fourth-order valence-corrected chi connectivity index (χ4v) is 2.24. The highest BCUT2D eigenvalue weighted by Gasteiger charge is 2.12. The Labute approximate surface area is 129 Å². The molecular formula is C15H27ClO3Si. The zero-order chi connectivity index (χ0) is 15.4. The molecule has 5 heteroatoms. The predicted octanol–water partition coefficient (Wildman–Crippen LogP) is 4.36. The average Bonchev–Trinajstić information content (AvgIpc) is 2.33. The van der Waals surface area contributed by atoms with E-state index in [2.05, 4.69) is 26.2 Å². The second kappa shape index (κ2) is 11.3. The summed E-state index contributed by atoms with van der Waals surface area (Å²) in [6, 6.07) is 1.14. The number of rotatable bonds is 12. The molecule has 0 rings (SSSR count). The van der Waals surface area contributed by atoms with Crippen LogP contribution >= 0.6 is 11.6 Å². The summed E-state index contributed by atoms with van der Waals surface area (Å²) < 4.78 is 11.1. The summed E-state index contributed by atoms with van der Waals surface area (Å²) >= 11 is 5.23. The van der Waals surface area contributed by atoms with Crippen molar-refractivity contribution in [2.24, 2.45) is 0 Å². The average molecular weight is 319 g/mol. The van der Waals surface area contributed by atoms with E-state index in [0.29, 0.717) is 6.79 Å². The maximum absolute atomic E-state index is 10.5. The third-order valence-electron chi connectivity index (χ3n) is 2.69. The second-order valence-corrected chi connectivity index (χ2v) is 11.9. The molecular weight excluding hydrogens is 292 g/mol. The summed E-state index contributed by atoms with van der Waals surface area (Å²) in [5, 5.41) is -0.339. The lowest BCUT2D eigenvalue weighted by Gasteiger charge is -2.17. The first-order valence-corrected chi connectivity index (χ1v) is 11.1. The van der Waals surface area contributed by atoms with Crippen LogP contribution in [0.25, 0.3) is 0 Å². The van der Waals surface area contributed by atoms with Gasteiger partial charge in [-0.2, -0.15) is 0 Å². The molecule has 20 heavy (non-hydrogen) atoms. The van der Waals surface area contributed by atoms with Crippen LogP contribution in [-0.4, -0.2) is 32.8 Å². The van der Waals surface area contributed by atoms with Gasteiger partial charge in [0.15, 0.2) is 0 Å². The van der Waals surface area contributed by atoms with Crippen molar-refractivity contribution in [3.05, 3.63) is 24.8 Å². The Balaban J connectivity index is 3.64. The summed E-state index contributed by atoms with van der Waals surface area (Å²) in [5.41, 5.74) is 0. The Bertz CT molecular complexity index is 311. The van der Waals surface area contributed by atoms with Crippen LogP contribution in [0.2, 0.25) is 25.7 Å². The van der Waals surface area contributed by atoms with E-state index in [4.69, 9.17) is 21.1 Å². The van der Waals surface area contributed by atoms with Crippen molar-refractivity contribution < 1.29 is 14.3 Å². The molecule has 1 atom stereocenters. The maximum atomic E-state index is 10.5. The van der Waals surface area contributed by atoms with Crippen LogP contribution in [0.4, 0.5) is 0 Å². The molecule has 0 unspecified atom stereocenters. The molecule has 0 aromatic rings. The van der Waals surface area contributed by atoms with E-state index < -0.39 is 8.07 Å². The number of ether oxygens (including phenoxy) is 2. The van der Waals surface area contributed by atoms with Crippen molar-refractivity contribution in [1.29, 1.82) is 0 Å². The number of carbonyl (C=O) groups is 1. The van der Waals surface area contributed by atoms with E-state index in [1.807, 2.05) is 6.08 Å². The summed E-state index contributed by atoms with van der Waals surface area (Å²) in [7, 11) is -1.03. The summed E-state index contributed by atoms with van der Waals surface area (Å²) in [6.07, 6.45) is 7.41. The molecule has 0 aromatic heterocycles. The van der Waals surface area contributed by atoms with E-state index in [-0.39, 0.29) is 17.8 Å². The minimum Gasteiger partial charge on any atom is -0.356 e. The minimum absolute atomic E-state index is 0.0155. The second-order valence-electron chi connectivity index (χ2n) is 5.89. The van der Waals surface area contributed by atoms with E-state index in [0.717, 1.165) is 25.5 Å². The van der Waals surface area contributed by atoms with E-state index >= 15 is 0 Å². The van der Waals surface area contributed by atoms with Gasteiger partial charge in [0, 0.05) is 21.1 Å². The van der Waals surface area contributed by atoms with Gasteiger partial charge in [-0.25, -0.2) is 0 Å². The molecule has 3 nitrogen and oxygen atoms in total. The summed E-state index contributed by atoms with van der Waals surface area (Å²) in [6.45, 7) is 11.8. The molecule has 0 saturated heterocycles. The fraction of sp³-hybridized carbons (Fsp3) is 0.667. The molecule has 0 aliphatic rings. The van der Waals surface area contributed by atoms with Gasteiger partial charge in [-0.3, -0.25) is 4.79 Å². The van der Waals surface area contributed by atoms with E-state index in [9.17, 15) is 4.79 Å². The van der Waals surface area contributed by atoms with Gasteiger partial charge in [-0.05, 0) is 30.5 Å². The third-order valence-corrected chi connectivity index (χ3v) is 4.55. The third kappa shape index (κ3) is 14.0. The molecule has 0 N–H and O–H groups in total. The van der Waals surface area contributed by atoms with Crippen LogP contribution < -0.4 is 0 Å². The standard InChI is InChI=1S/C15H27ClO3Si/c1-5-14(9-7-6-8-10-15(16)17)19-13-18-11-12-20(2,3)4/h5-6,8,14H,1,7,9-13H2,2-4H3/t14-/m0/s1. The lowest BCUT2D eigenvalue weighted by atomic mass is 10.2. The van der Waals surface area contributed by atoms with Gasteiger partial charge in [-0.1, -0.05) is 37.9 Å². The number of carbonyl (C=O) groups excluding carboxylic acids is 1. The topological polar surface area (TPSA) is 35.5 Å². The van der Waals surface area contributed by atoms with Crippen molar-refractivity contribution in [2.45, 2.75) is 51.1 Å². The number of hydrogen-bond donors (Lipinski definition) is 0. The Morgan fingerprint density at radius 3 is 2.60 bits per heavy atom. The number of halogens is 1. The predicted molar refractivity (Wildman–Crippen MR) is 87.9 cm³/mol. The Hall–Kier alpha value is -0.423. The van der Waals surface area contributed by atoms with Crippen molar-refractivity contribution >= 4 is 24.9 Å². The molecule has 0 aliphatic carbocycles. The van der Waals surface area contributed by atoms with Gasteiger partial charge >= 0.3 is 0 Å². The number of hydrogen-bond acceptors (Lipinski definition) is 3. The van der Waals surface area contributed by atoms with Crippen molar-refractivity contribution in [2.75, 3.05) is 13.4 Å². The van der Waals surface area contributed by atoms with E-state index in [1.54, 1.807) is 12.2 Å². The van der Waals surface area contributed by atoms with Crippen LogP contribution in [0.5, 0.6) is 0 Å². The van der Waals surface area contributed by atoms with Gasteiger partial charge < -0.3 is 9.47 Å². The fourth-order valence-electron chi connectivity index (χ4n) is 1.40. The lowest BCUT2D eigenvalue weighted by Crippen LogP contribution is -2.22. The molecule has 0 saturated carbocycles. The summed E-state index contributed by atoms with van der Waals surface area (Å²) in [4.78, 5) is 10.5. The molecule has 0 amide bonds. The largest absolute Gasteiger partial charge is 0.356 e. The molecule has 0 fully saturated rings. The van der Waals surface area contributed by atoms with Crippen LogP contribution in [0.1, 0.15) is 19.3 Å². The quantitative estimate of drug-likeness (QED) is 0.176. The first kappa shape index (κ1) is 19.6. The van der Waals surface area contributed by atoms with Crippen LogP contribution in [0.15, 0.2) is 24.8 Å². The maximum Gasteiger partial charge on any atom is 0.225 e. The zero-order valence-corrected chi connectivity index (χ0v) is 14.6. The normalized spacial score (nSPS) is 13.6. The molecule has 0 bridgehead atoms. The van der Waals surface area contributed by atoms with Gasteiger partial charge in [0.2, 0.25) is 5.24 Å². The Morgan fingerprint density at radius 1 is 1.35 bits per heavy atom. The van der Waals surface area contributed by atoms with Crippen molar-refractivity contribution in [3.63, 3.8) is 0 Å². The molecule has 0 radical (unpaired) electrons. The summed E-state index contributed by atoms with van der Waals surface area (Å²) in [5.74, 6) is 0. The van der Waals surface area contributed by atoms with E-state index in [1.165, 1.54) is 0 Å². The van der Waals surface area contributed by atoms with Gasteiger partial charge in [-0.15, -0.1) is 6.58 Å². The smallest absolute Gasteiger partial charge is 0.225 e. The first-order chi connectivity index (χ1) is 9.35. The monoisotopic (exact) mass is 318 g/mol. The lowest BCUT2D eigenvalue weighted by molar-refractivity contribution is -0.110. The van der Waals surface area contributed by atoms with Crippen LogP contribution in [0, 0.1) is 0 Å². The Kier molecular flexibility index (Phi) is 11.0. The first-order valence-electron chi connectivity index (χ1n) is 7.00. The van der Waals surface area contributed by atoms with Gasteiger partial charge in [0.1, 0.15) is 6.79 Å². The van der Waals surface area contributed by atoms with Crippen LogP contribution in [-0.2, 0) is 14.3 Å².